The maximum Gasteiger partial charge on any atom is 0.354 e. The highest BCUT2D eigenvalue weighted by molar-refractivity contribution is 6.05. The molecule has 12 aromatic heterocycles. The van der Waals surface area contributed by atoms with E-state index in [-0.39, 0.29) is 60.5 Å². The number of carboxylic acids is 1. The number of rotatable bonds is 18. The number of carboxylic acid groups (broad SMARTS) is 1. The minimum absolute atomic E-state index is 0. The van der Waals surface area contributed by atoms with Crippen molar-refractivity contribution in [3.8, 4) is 66.8 Å². The van der Waals surface area contributed by atoms with Crippen molar-refractivity contribution in [2.45, 2.75) is 129 Å². The number of benzene rings is 6. The van der Waals surface area contributed by atoms with E-state index in [0.717, 1.165) is 162 Å². The summed E-state index contributed by atoms with van der Waals surface area (Å²) < 4.78 is 25.4. The number of aliphatic hydroxyl groups is 1. The number of hydrogen-bond donors (Lipinski definition) is 2. The number of aldehydes is 1. The number of aliphatic hydroxyl groups excluding tert-OH is 1. The van der Waals surface area contributed by atoms with Gasteiger partial charge < -0.3 is 69.8 Å². The summed E-state index contributed by atoms with van der Waals surface area (Å²) in [6, 6.07) is 60.7. The van der Waals surface area contributed by atoms with Crippen molar-refractivity contribution < 1.29 is 29.3 Å². The number of fused-ring (bicyclic) bond motifs is 6. The van der Waals surface area contributed by atoms with E-state index in [2.05, 4.69) is 146 Å². The summed E-state index contributed by atoms with van der Waals surface area (Å²) in [5.41, 5.74) is 27.7. The summed E-state index contributed by atoms with van der Waals surface area (Å²) in [7, 11) is 21.4. The molecule has 18 rings (SSSR count). The van der Waals surface area contributed by atoms with Crippen molar-refractivity contribution in [1.82, 2.24) is 54.8 Å². The van der Waals surface area contributed by atoms with Gasteiger partial charge in [0.2, 0.25) is 0 Å². The van der Waals surface area contributed by atoms with Crippen LogP contribution in [0.4, 0.5) is 0 Å². The van der Waals surface area contributed by atoms with Crippen molar-refractivity contribution >= 4 is 83.6 Å². The van der Waals surface area contributed by atoms with E-state index in [1.807, 2.05) is 149 Å². The van der Waals surface area contributed by atoms with E-state index in [9.17, 15) is 53.4 Å². The summed E-state index contributed by atoms with van der Waals surface area (Å²) in [4.78, 5) is 110. The number of carbonyl (C=O) groups is 3. The fourth-order valence-corrected chi connectivity index (χ4v) is 18.6. The quantitative estimate of drug-likeness (QED) is 0.0600. The Balaban J connectivity index is 0.000000157. The zero-order chi connectivity index (χ0) is 97.6. The lowest BCUT2D eigenvalue weighted by Gasteiger charge is -2.11. The molecule has 0 spiro atoms. The number of aromatic nitrogens is 12. The van der Waals surface area contributed by atoms with Gasteiger partial charge in [-0.05, 0) is 162 Å². The maximum absolute atomic E-state index is 12.7. The molecule has 0 bridgehead atoms. The topological polar surface area (TPSA) is 262 Å². The molecular formula is C113H128N12O12. The number of carbonyl (C=O) groups excluding carboxylic acids is 2. The summed E-state index contributed by atoms with van der Waals surface area (Å²) in [6.07, 6.45) is 18.5. The van der Waals surface area contributed by atoms with Crippen molar-refractivity contribution in [3.63, 3.8) is 0 Å². The highest BCUT2D eigenvalue weighted by Gasteiger charge is 2.26. The van der Waals surface area contributed by atoms with Gasteiger partial charge in [0.05, 0.1) is 18.9 Å². The van der Waals surface area contributed by atoms with E-state index >= 15 is 0 Å². The molecule has 0 amide bonds. The van der Waals surface area contributed by atoms with Gasteiger partial charge in [-0.25, -0.2) is 9.59 Å². The van der Waals surface area contributed by atoms with Gasteiger partial charge in [-0.15, -0.1) is 0 Å². The van der Waals surface area contributed by atoms with E-state index in [1.165, 1.54) is 53.8 Å². The first kappa shape index (κ1) is 102. The van der Waals surface area contributed by atoms with Gasteiger partial charge in [-0.3, -0.25) is 33.6 Å². The van der Waals surface area contributed by atoms with Gasteiger partial charge in [-0.2, -0.15) is 0 Å². The maximum atomic E-state index is 12.7. The van der Waals surface area contributed by atoms with Crippen molar-refractivity contribution in [3.05, 3.63) is 349 Å². The molecular weight excluding hydrogens is 1720 g/mol. The molecule has 137 heavy (non-hydrogen) atoms. The Kier molecular flexibility index (Phi) is 32.5. The van der Waals surface area contributed by atoms with Crippen LogP contribution in [0.2, 0.25) is 0 Å². The number of nitrogens with zero attached hydrogens (tertiary/aromatic N) is 12. The summed E-state index contributed by atoms with van der Waals surface area (Å²) in [6.45, 7) is 18.9. The molecule has 12 heterocycles. The zero-order valence-electron chi connectivity index (χ0n) is 81.1. The van der Waals surface area contributed by atoms with Crippen LogP contribution >= 0.6 is 0 Å². The summed E-state index contributed by atoms with van der Waals surface area (Å²) in [5.74, 6) is -1.46. The zero-order valence-corrected chi connectivity index (χ0v) is 81.1. The summed E-state index contributed by atoms with van der Waals surface area (Å²) in [5, 5.41) is 24.1. The Morgan fingerprint density at radius 3 is 0.818 bits per heavy atom. The molecule has 24 heteroatoms. The van der Waals surface area contributed by atoms with Crippen molar-refractivity contribution in [2.24, 2.45) is 84.6 Å². The molecule has 0 saturated heterocycles. The third-order valence-electron chi connectivity index (χ3n) is 26.2. The van der Waals surface area contributed by atoms with Crippen LogP contribution in [-0.2, 0) is 141 Å². The number of pyridine rings is 6. The van der Waals surface area contributed by atoms with Gasteiger partial charge in [-0.1, -0.05) is 209 Å². The first-order valence-corrected chi connectivity index (χ1v) is 45.8. The molecule has 18 aromatic rings. The van der Waals surface area contributed by atoms with E-state index < -0.39 is 11.9 Å². The Morgan fingerprint density at radius 2 is 0.540 bits per heavy atom. The molecule has 0 radical (unpaired) electrons. The molecule has 0 atom stereocenters. The van der Waals surface area contributed by atoms with Crippen molar-refractivity contribution in [2.75, 3.05) is 6.61 Å². The molecule has 0 unspecified atom stereocenters. The lowest BCUT2D eigenvalue weighted by atomic mass is 9.97. The van der Waals surface area contributed by atoms with E-state index in [4.69, 9.17) is 4.74 Å². The third kappa shape index (κ3) is 19.5. The normalized spacial score (nSPS) is 11.0. The molecule has 0 aliphatic rings. The predicted molar refractivity (Wildman–Crippen MR) is 560 cm³/mol. The highest BCUT2D eigenvalue weighted by atomic mass is 16.5. The van der Waals surface area contributed by atoms with Crippen LogP contribution in [0, 0.1) is 6.92 Å². The second-order valence-corrected chi connectivity index (χ2v) is 34.1. The predicted octanol–water partition coefficient (Wildman–Crippen LogP) is 20.0. The third-order valence-corrected chi connectivity index (χ3v) is 26.2. The van der Waals surface area contributed by atoms with E-state index in [1.54, 1.807) is 117 Å². The Morgan fingerprint density at radius 1 is 0.299 bits per heavy atom. The molecule has 0 fully saturated rings. The van der Waals surface area contributed by atoms with Gasteiger partial charge >= 0.3 is 11.9 Å². The minimum atomic E-state index is -1.04. The fourth-order valence-electron chi connectivity index (χ4n) is 18.6. The summed E-state index contributed by atoms with van der Waals surface area (Å²) >= 11 is 0. The number of aryl methyl sites for hydroxylation is 20. The molecule has 0 aliphatic carbocycles. The average Bonchev–Trinajstić information content (AvgIpc) is 1.62. The number of ether oxygens (including phenoxy) is 1. The average molecular weight is 1850 g/mol. The first-order chi connectivity index (χ1) is 64.7. The number of hydrogen-bond acceptors (Lipinski definition) is 11. The van der Waals surface area contributed by atoms with Gasteiger partial charge in [0.25, 0.3) is 33.4 Å². The standard InChI is InChI=1S/C20H22N2O3.C19H22N2O.C18H18N2O3.C18H20N2O2.C18H18N2O2.C18H20N2O.2CH4/c1-5-13-9-7-8-10-14(13)16-12-21(3)19(23)18-15(16)11-17(22(18)4)20(24)25-6-2;1-5-13-9-7-8-10-15(13)17-12-20(3)19(22)18-16(17)11-14(6-2)21(18)4;1-4-11-7-5-6-8-12(11)14-10-19(2)17(21)16-13(14)9-15(18(22)23)20(16)3;2*1-4-12-7-5-6-8-14(12)16-10-19(2)18(22)17-15(16)9-13(11-21)20(17)3;1-5-13-8-6-7-9-14(13)16-11-19(3)18(21)17-15(16)10-12(2)20(17)4;;/h7-12H,5-6H2,1-4H3;7-12H,5-6H2,1-4H3;5-10H,4H2,1-3H3,(H,22,23);5-10,21H,4,11H2,1-3H3;5-11H,4H2,1-3H3;6-11H,5H2,1-4H3;2*1H4. The van der Waals surface area contributed by atoms with Gasteiger partial charge in [0.1, 0.15) is 44.5 Å². The number of esters is 1. The molecule has 0 aliphatic heterocycles. The largest absolute Gasteiger partial charge is 0.477 e. The molecule has 6 aromatic carbocycles. The van der Waals surface area contributed by atoms with Crippen LogP contribution in [0.5, 0.6) is 0 Å². The minimum Gasteiger partial charge on any atom is -0.477 e. The van der Waals surface area contributed by atoms with Crippen molar-refractivity contribution in [1.29, 1.82) is 0 Å². The van der Waals surface area contributed by atoms with Crippen LogP contribution in [0.25, 0.3) is 132 Å². The van der Waals surface area contributed by atoms with Crippen LogP contribution < -0.4 is 33.4 Å². The van der Waals surface area contributed by atoms with Crippen LogP contribution in [0.1, 0.15) is 152 Å². The highest BCUT2D eigenvalue weighted by Crippen LogP contribution is 2.39. The number of aromatic carboxylic acids is 1. The molecule has 24 nitrogen and oxygen atoms in total. The lowest BCUT2D eigenvalue weighted by Crippen LogP contribution is -2.19. The van der Waals surface area contributed by atoms with Gasteiger partial charge in [0, 0.05) is 205 Å². The van der Waals surface area contributed by atoms with Gasteiger partial charge in [0.15, 0.2) is 6.29 Å². The molecule has 712 valence electrons. The van der Waals surface area contributed by atoms with Crippen LogP contribution in [-0.4, -0.2) is 89.8 Å². The Hall–Kier alpha value is -15.2. The fraction of sp³-hybridized carbons (Fsp3) is 0.283. The Labute approximate surface area is 798 Å². The monoisotopic (exact) mass is 1840 g/mol. The van der Waals surface area contributed by atoms with Crippen LogP contribution in [0.15, 0.2) is 248 Å². The lowest BCUT2D eigenvalue weighted by molar-refractivity contribution is 0.0515. The second kappa shape index (κ2) is 43.4. The SMILES string of the molecule is C.C.CCOC(=O)c1cc2c(-c3ccccc3CC)cn(C)c(=O)c2n1C.CCc1ccccc1-c1cn(C)c(=O)c2c1cc(C(=O)O)n2C.CCc1ccccc1-c1cn(C)c(=O)c2c1cc(C)n2C.CCc1ccccc1-c1cn(C)c(=O)c2c1cc(C=O)n2C.CCc1ccccc1-c1cn(C)c(=O)c2c1cc(CC)n2C.CCc1ccccc1-c1cn(C)c(=O)c2c1cc(CO)n2C. The second-order valence-electron chi connectivity index (χ2n) is 34.1. The molecule has 0 saturated carbocycles. The van der Waals surface area contributed by atoms with E-state index in [0.29, 0.717) is 45.4 Å². The first-order valence-electron chi connectivity index (χ1n) is 45.8. The van der Waals surface area contributed by atoms with Crippen LogP contribution in [0.3, 0.4) is 0 Å². The smallest absolute Gasteiger partial charge is 0.354 e. The Bertz CT molecular complexity index is 7880. The molecule has 2 N–H and O–H groups in total.